The molecular weight excluding hydrogens is 224 g/mol. The number of allylic oxidation sites excluding steroid dienone is 1. The molecule has 1 aromatic carbocycles. The lowest BCUT2D eigenvalue weighted by Crippen LogP contribution is -1.94. The van der Waals surface area contributed by atoms with Gasteiger partial charge in [0.1, 0.15) is 11.8 Å². The van der Waals surface area contributed by atoms with Crippen LogP contribution in [0.3, 0.4) is 0 Å². The third-order valence-electron chi connectivity index (χ3n) is 2.13. The first kappa shape index (κ1) is 10.5. The van der Waals surface area contributed by atoms with Crippen molar-refractivity contribution in [1.82, 2.24) is 0 Å². The lowest BCUT2D eigenvalue weighted by atomic mass is 10.2. The summed E-state index contributed by atoms with van der Waals surface area (Å²) in [5.74, 6) is 0.992. The topological polar surface area (TPSA) is 49.8 Å². The summed E-state index contributed by atoms with van der Waals surface area (Å²) in [4.78, 5) is 0. The molecule has 0 spiro atoms. The van der Waals surface area contributed by atoms with E-state index >= 15 is 0 Å². The summed E-state index contributed by atoms with van der Waals surface area (Å²) < 4.78 is 0.964. The standard InChI is InChI=1S/C11H10N2S2/c12-6-9(13)11-14-7-10(15-11)8-4-2-1-3-5-8/h1-5,10H,7,13H2/b11-9+/t10-/m0/s1. The summed E-state index contributed by atoms with van der Waals surface area (Å²) in [5.41, 5.74) is 7.25. The maximum atomic E-state index is 8.69. The van der Waals surface area contributed by atoms with Gasteiger partial charge in [0.05, 0.1) is 4.24 Å². The first-order valence-corrected chi connectivity index (χ1v) is 6.42. The number of hydrogen-bond donors (Lipinski definition) is 1. The normalized spacial score (nSPS) is 23.5. The van der Waals surface area contributed by atoms with Crippen molar-refractivity contribution >= 4 is 23.5 Å². The second-order valence-corrected chi connectivity index (χ2v) is 5.64. The number of thioether (sulfide) groups is 2. The summed E-state index contributed by atoms with van der Waals surface area (Å²) >= 11 is 3.36. The van der Waals surface area contributed by atoms with E-state index in [0.717, 1.165) is 9.99 Å². The molecule has 2 nitrogen and oxygen atoms in total. The first-order valence-electron chi connectivity index (χ1n) is 4.55. The fourth-order valence-electron chi connectivity index (χ4n) is 1.37. The van der Waals surface area contributed by atoms with Gasteiger partial charge in [0.25, 0.3) is 0 Å². The van der Waals surface area contributed by atoms with Crippen molar-refractivity contribution in [1.29, 1.82) is 5.26 Å². The molecule has 1 aliphatic heterocycles. The number of nitrogens with zero attached hydrogens (tertiary/aromatic N) is 1. The van der Waals surface area contributed by atoms with Crippen LogP contribution in [-0.4, -0.2) is 5.75 Å². The van der Waals surface area contributed by atoms with E-state index in [0.29, 0.717) is 10.9 Å². The van der Waals surface area contributed by atoms with E-state index in [9.17, 15) is 0 Å². The van der Waals surface area contributed by atoms with Gasteiger partial charge in [-0.15, -0.1) is 23.5 Å². The van der Waals surface area contributed by atoms with Gasteiger partial charge < -0.3 is 5.73 Å². The molecule has 4 heteroatoms. The molecule has 76 valence electrons. The fourth-order valence-corrected chi connectivity index (χ4v) is 4.09. The van der Waals surface area contributed by atoms with Crippen molar-refractivity contribution in [2.45, 2.75) is 5.25 Å². The zero-order chi connectivity index (χ0) is 10.7. The molecule has 0 bridgehead atoms. The van der Waals surface area contributed by atoms with Gasteiger partial charge in [-0.3, -0.25) is 0 Å². The Hall–Kier alpha value is -1.05. The average molecular weight is 234 g/mol. The van der Waals surface area contributed by atoms with Crippen LogP contribution in [0.1, 0.15) is 10.8 Å². The molecule has 0 unspecified atom stereocenters. The van der Waals surface area contributed by atoms with Crippen LogP contribution in [0.2, 0.25) is 0 Å². The molecule has 1 aliphatic rings. The molecule has 0 aromatic heterocycles. The Balaban J connectivity index is 2.16. The fraction of sp³-hybridized carbons (Fsp3) is 0.182. The van der Waals surface area contributed by atoms with Gasteiger partial charge in [0.15, 0.2) is 0 Å². The van der Waals surface area contributed by atoms with Gasteiger partial charge in [-0.2, -0.15) is 5.26 Å². The quantitative estimate of drug-likeness (QED) is 0.759. The summed E-state index contributed by atoms with van der Waals surface area (Å²) in [7, 11) is 0. The summed E-state index contributed by atoms with van der Waals surface area (Å²) in [6.45, 7) is 0. The van der Waals surface area contributed by atoms with Crippen LogP contribution < -0.4 is 5.73 Å². The number of hydrogen-bond acceptors (Lipinski definition) is 4. The second-order valence-electron chi connectivity index (χ2n) is 3.14. The number of rotatable bonds is 1. The van der Waals surface area contributed by atoms with Gasteiger partial charge in [-0.1, -0.05) is 30.3 Å². The molecule has 1 aromatic rings. The van der Waals surface area contributed by atoms with Crippen LogP contribution in [0.15, 0.2) is 40.3 Å². The Morgan fingerprint density at radius 2 is 2.13 bits per heavy atom. The zero-order valence-electron chi connectivity index (χ0n) is 8.01. The predicted octanol–water partition coefficient (Wildman–Crippen LogP) is 2.86. The molecule has 2 N–H and O–H groups in total. The third-order valence-corrected chi connectivity index (χ3v) is 5.12. The largest absolute Gasteiger partial charge is 0.389 e. The molecule has 1 fully saturated rings. The van der Waals surface area contributed by atoms with Crippen molar-refractivity contribution in [2.24, 2.45) is 5.73 Å². The minimum Gasteiger partial charge on any atom is -0.389 e. The van der Waals surface area contributed by atoms with Crippen LogP contribution in [0, 0.1) is 11.3 Å². The average Bonchev–Trinajstić information content (AvgIpc) is 2.78. The molecule has 1 heterocycles. The Bertz CT molecular complexity index is 420. The maximum absolute atomic E-state index is 8.69. The summed E-state index contributed by atoms with van der Waals surface area (Å²) in [6.07, 6.45) is 0. The highest BCUT2D eigenvalue weighted by molar-refractivity contribution is 8.25. The van der Waals surface area contributed by atoms with E-state index in [1.807, 2.05) is 24.3 Å². The highest BCUT2D eigenvalue weighted by Crippen LogP contribution is 2.50. The molecule has 0 amide bonds. The number of benzene rings is 1. The number of nitrogens with two attached hydrogens (primary N) is 1. The van der Waals surface area contributed by atoms with E-state index in [1.54, 1.807) is 23.5 Å². The lowest BCUT2D eigenvalue weighted by Gasteiger charge is -2.06. The van der Waals surface area contributed by atoms with E-state index in [-0.39, 0.29) is 0 Å². The van der Waals surface area contributed by atoms with E-state index in [2.05, 4.69) is 12.1 Å². The minimum absolute atomic E-state index is 0.350. The Kier molecular flexibility index (Phi) is 3.24. The van der Waals surface area contributed by atoms with Crippen molar-refractivity contribution < 1.29 is 0 Å². The SMILES string of the molecule is N#C/C(N)=C1/SC[C@@H](c2ccccc2)S1. The van der Waals surface area contributed by atoms with Crippen molar-refractivity contribution in [2.75, 3.05) is 5.75 Å². The second kappa shape index (κ2) is 4.65. The van der Waals surface area contributed by atoms with Crippen LogP contribution in [-0.2, 0) is 0 Å². The Morgan fingerprint density at radius 1 is 1.40 bits per heavy atom. The third kappa shape index (κ3) is 2.31. The minimum atomic E-state index is 0.350. The molecule has 0 aliphatic carbocycles. The Labute approximate surface area is 97.5 Å². The highest BCUT2D eigenvalue weighted by Gasteiger charge is 2.24. The van der Waals surface area contributed by atoms with Crippen molar-refractivity contribution in [3.8, 4) is 6.07 Å². The van der Waals surface area contributed by atoms with Crippen LogP contribution in [0.4, 0.5) is 0 Å². The first-order chi connectivity index (χ1) is 7.31. The molecule has 0 radical (unpaired) electrons. The molecule has 15 heavy (non-hydrogen) atoms. The van der Waals surface area contributed by atoms with Crippen molar-refractivity contribution in [3.05, 3.63) is 45.8 Å². The monoisotopic (exact) mass is 234 g/mol. The summed E-state index contributed by atoms with van der Waals surface area (Å²) in [6, 6.07) is 12.3. The van der Waals surface area contributed by atoms with E-state index < -0.39 is 0 Å². The molecule has 1 saturated heterocycles. The van der Waals surface area contributed by atoms with Gasteiger partial charge in [0, 0.05) is 11.0 Å². The molecule has 1 atom stereocenters. The van der Waals surface area contributed by atoms with E-state index in [1.165, 1.54) is 5.56 Å². The smallest absolute Gasteiger partial charge is 0.131 e. The molecular formula is C11H10N2S2. The lowest BCUT2D eigenvalue weighted by molar-refractivity contribution is 1.13. The van der Waals surface area contributed by atoms with Crippen LogP contribution in [0.5, 0.6) is 0 Å². The summed E-state index contributed by atoms with van der Waals surface area (Å²) in [5, 5.41) is 9.12. The maximum Gasteiger partial charge on any atom is 0.131 e. The van der Waals surface area contributed by atoms with Crippen molar-refractivity contribution in [3.63, 3.8) is 0 Å². The van der Waals surface area contributed by atoms with Gasteiger partial charge >= 0.3 is 0 Å². The van der Waals surface area contributed by atoms with Gasteiger partial charge in [0.2, 0.25) is 0 Å². The predicted molar refractivity (Wildman–Crippen MR) is 66.1 cm³/mol. The van der Waals surface area contributed by atoms with E-state index in [4.69, 9.17) is 11.0 Å². The molecule has 2 rings (SSSR count). The zero-order valence-corrected chi connectivity index (χ0v) is 9.65. The van der Waals surface area contributed by atoms with Gasteiger partial charge in [-0.05, 0) is 5.56 Å². The molecule has 0 saturated carbocycles. The van der Waals surface area contributed by atoms with Crippen LogP contribution >= 0.6 is 23.5 Å². The van der Waals surface area contributed by atoms with Gasteiger partial charge in [-0.25, -0.2) is 0 Å². The number of nitriles is 1. The Morgan fingerprint density at radius 3 is 2.80 bits per heavy atom. The van der Waals surface area contributed by atoms with Crippen LogP contribution in [0.25, 0.3) is 0 Å². The highest BCUT2D eigenvalue weighted by atomic mass is 32.2.